The zero-order chi connectivity index (χ0) is 19.2. The van der Waals surface area contributed by atoms with Crippen LogP contribution in [0.4, 0.5) is 0 Å². The first-order valence-corrected chi connectivity index (χ1v) is 9.98. The summed E-state index contributed by atoms with van der Waals surface area (Å²) in [5.74, 6) is 1.54. The van der Waals surface area contributed by atoms with Crippen molar-refractivity contribution < 1.29 is 14.3 Å². The molecule has 0 amide bonds. The molecule has 1 aliphatic rings. The van der Waals surface area contributed by atoms with Crippen molar-refractivity contribution in [2.24, 2.45) is 5.92 Å². The molecule has 1 N–H and O–H groups in total. The predicted octanol–water partition coefficient (Wildman–Crippen LogP) is 4.92. The number of nitrogens with one attached hydrogen (secondary N) is 1. The van der Waals surface area contributed by atoms with Crippen LogP contribution >= 0.6 is 0 Å². The lowest BCUT2D eigenvalue weighted by Gasteiger charge is -2.25. The van der Waals surface area contributed by atoms with Crippen LogP contribution < -0.4 is 5.32 Å². The van der Waals surface area contributed by atoms with Gasteiger partial charge in [-0.15, -0.1) is 0 Å². The van der Waals surface area contributed by atoms with Crippen LogP contribution in [-0.2, 0) is 14.3 Å². The van der Waals surface area contributed by atoms with Crippen molar-refractivity contribution in [3.05, 3.63) is 36.1 Å². The molecular weight excluding hydrogens is 326 g/mol. The lowest BCUT2D eigenvalue weighted by Crippen LogP contribution is -2.30. The van der Waals surface area contributed by atoms with Gasteiger partial charge in [0.05, 0.1) is 13.7 Å². The van der Waals surface area contributed by atoms with E-state index in [1.54, 1.807) is 6.08 Å². The lowest BCUT2D eigenvalue weighted by molar-refractivity contribution is -0.140. The maximum Gasteiger partial charge on any atom is 0.305 e. The molecule has 0 aromatic rings. The molecule has 0 aromatic carbocycles. The van der Waals surface area contributed by atoms with Crippen LogP contribution in [0.25, 0.3) is 0 Å². The number of rotatable bonds is 12. The number of carbonyl (C=O) groups excluding carboxylic acids is 1. The fourth-order valence-corrected chi connectivity index (χ4v) is 3.39. The number of hydrogen-bond donors (Lipinski definition) is 1. The van der Waals surface area contributed by atoms with Gasteiger partial charge in [-0.05, 0) is 44.3 Å². The number of allylic oxidation sites excluding steroid dienone is 3. The van der Waals surface area contributed by atoms with E-state index in [0.29, 0.717) is 25.5 Å². The summed E-state index contributed by atoms with van der Waals surface area (Å²) in [6.45, 7) is 9.39. The third-order valence-corrected chi connectivity index (χ3v) is 4.94. The summed E-state index contributed by atoms with van der Waals surface area (Å²) in [4.78, 5) is 11.2. The largest absolute Gasteiger partial charge is 0.494 e. The molecule has 0 heterocycles. The molecule has 0 bridgehead atoms. The molecular formula is C22H37NO3. The van der Waals surface area contributed by atoms with Gasteiger partial charge in [0.25, 0.3) is 0 Å². The fourth-order valence-electron chi connectivity index (χ4n) is 3.39. The van der Waals surface area contributed by atoms with E-state index in [9.17, 15) is 4.79 Å². The molecule has 1 fully saturated rings. The Hall–Kier alpha value is -1.55. The van der Waals surface area contributed by atoms with Crippen molar-refractivity contribution in [2.45, 2.75) is 71.3 Å². The minimum Gasteiger partial charge on any atom is -0.494 e. The van der Waals surface area contributed by atoms with E-state index in [-0.39, 0.29) is 5.97 Å². The van der Waals surface area contributed by atoms with E-state index < -0.39 is 0 Å². The highest BCUT2D eigenvalue weighted by molar-refractivity contribution is 5.68. The van der Waals surface area contributed by atoms with E-state index in [0.717, 1.165) is 23.8 Å². The maximum atomic E-state index is 11.2. The van der Waals surface area contributed by atoms with Crippen molar-refractivity contribution >= 4 is 5.97 Å². The molecule has 0 saturated heterocycles. The third kappa shape index (κ3) is 9.81. The molecule has 26 heavy (non-hydrogen) atoms. The molecule has 1 rings (SSSR count). The van der Waals surface area contributed by atoms with Gasteiger partial charge in [-0.3, -0.25) is 4.79 Å². The molecule has 0 radical (unpaired) electrons. The molecule has 1 saturated carbocycles. The quantitative estimate of drug-likeness (QED) is 0.231. The Morgan fingerprint density at radius 1 is 1.31 bits per heavy atom. The number of esters is 1. The van der Waals surface area contributed by atoms with E-state index in [4.69, 9.17) is 4.74 Å². The Morgan fingerprint density at radius 3 is 2.69 bits per heavy atom. The first-order chi connectivity index (χ1) is 12.6. The molecule has 0 aromatic heterocycles. The summed E-state index contributed by atoms with van der Waals surface area (Å²) in [6, 6.07) is 0.511. The van der Waals surface area contributed by atoms with E-state index in [1.807, 2.05) is 12.2 Å². The number of hydrogen-bond acceptors (Lipinski definition) is 4. The first-order valence-electron chi connectivity index (χ1n) is 9.98. The summed E-state index contributed by atoms with van der Waals surface area (Å²) >= 11 is 0. The van der Waals surface area contributed by atoms with Crippen molar-refractivity contribution in [1.29, 1.82) is 0 Å². The Morgan fingerprint density at radius 2 is 2.04 bits per heavy atom. The zero-order valence-electron chi connectivity index (χ0n) is 16.9. The second-order valence-electron chi connectivity index (χ2n) is 7.29. The van der Waals surface area contributed by atoms with Gasteiger partial charge >= 0.3 is 5.97 Å². The van der Waals surface area contributed by atoms with Crippen molar-refractivity contribution in [2.75, 3.05) is 20.3 Å². The highest BCUT2D eigenvalue weighted by atomic mass is 16.5. The Balaban J connectivity index is 2.45. The van der Waals surface area contributed by atoms with Gasteiger partial charge in [0.2, 0.25) is 0 Å². The van der Waals surface area contributed by atoms with Crippen LogP contribution in [-0.4, -0.2) is 32.3 Å². The minimum absolute atomic E-state index is 0.198. The maximum absolute atomic E-state index is 11.2. The number of methoxy groups -OCH3 is 1. The highest BCUT2D eigenvalue weighted by Gasteiger charge is 2.16. The van der Waals surface area contributed by atoms with Gasteiger partial charge in [0, 0.05) is 19.0 Å². The van der Waals surface area contributed by atoms with Gasteiger partial charge < -0.3 is 14.8 Å². The lowest BCUT2D eigenvalue weighted by atomic mass is 9.85. The van der Waals surface area contributed by atoms with Crippen molar-refractivity contribution in [3.63, 3.8) is 0 Å². The van der Waals surface area contributed by atoms with Gasteiger partial charge in [-0.2, -0.15) is 0 Å². The van der Waals surface area contributed by atoms with Crippen LogP contribution in [0.3, 0.4) is 0 Å². The topological polar surface area (TPSA) is 47.6 Å². The van der Waals surface area contributed by atoms with Gasteiger partial charge in [-0.1, -0.05) is 50.8 Å². The van der Waals surface area contributed by atoms with Gasteiger partial charge in [0.1, 0.15) is 5.76 Å². The SMILES string of the molecule is C=C/C=C\C(OCCCC(=O)OC)=C(/C)CNC(C)CC1CCCCC1. The molecule has 1 unspecified atom stereocenters. The third-order valence-electron chi connectivity index (χ3n) is 4.94. The van der Waals surface area contributed by atoms with E-state index in [2.05, 4.69) is 30.5 Å². The Bertz CT molecular complexity index is 476. The average Bonchev–Trinajstić information content (AvgIpc) is 2.66. The standard InChI is InChI=1S/C22H37NO3/c1-5-6-13-21(26-15-10-14-22(24)25-4)18(2)17-23-19(3)16-20-11-8-7-9-12-20/h5-6,13,19-20,23H,1,7-12,14-17H2,2-4H3/b13-6-,21-18-. The monoisotopic (exact) mass is 363 g/mol. The molecule has 0 spiro atoms. The van der Waals surface area contributed by atoms with Crippen LogP contribution in [0.2, 0.25) is 0 Å². The van der Waals surface area contributed by atoms with Crippen LogP contribution in [0, 0.1) is 5.92 Å². The molecule has 148 valence electrons. The zero-order valence-corrected chi connectivity index (χ0v) is 16.9. The van der Waals surface area contributed by atoms with Crippen molar-refractivity contribution in [3.8, 4) is 0 Å². The first kappa shape index (κ1) is 22.5. The van der Waals surface area contributed by atoms with E-state index in [1.165, 1.54) is 45.6 Å². The molecule has 0 aliphatic heterocycles. The summed E-state index contributed by atoms with van der Waals surface area (Å²) in [6.07, 6.45) is 14.8. The molecule has 1 atom stereocenters. The van der Waals surface area contributed by atoms with Crippen LogP contribution in [0.15, 0.2) is 36.1 Å². The predicted molar refractivity (Wildman–Crippen MR) is 108 cm³/mol. The highest BCUT2D eigenvalue weighted by Crippen LogP contribution is 2.27. The van der Waals surface area contributed by atoms with Crippen LogP contribution in [0.5, 0.6) is 0 Å². The summed E-state index contributed by atoms with van der Waals surface area (Å²) < 4.78 is 10.5. The van der Waals surface area contributed by atoms with E-state index >= 15 is 0 Å². The van der Waals surface area contributed by atoms with Crippen molar-refractivity contribution in [1.82, 2.24) is 5.32 Å². The number of ether oxygens (including phenoxy) is 2. The number of carbonyl (C=O) groups is 1. The van der Waals surface area contributed by atoms with Crippen LogP contribution in [0.1, 0.15) is 65.2 Å². The fraction of sp³-hybridized carbons (Fsp3) is 0.682. The smallest absolute Gasteiger partial charge is 0.305 e. The minimum atomic E-state index is -0.198. The van der Waals surface area contributed by atoms with Gasteiger partial charge in [0.15, 0.2) is 0 Å². The molecule has 1 aliphatic carbocycles. The second-order valence-corrected chi connectivity index (χ2v) is 7.29. The molecule has 4 heteroatoms. The Labute approximate surface area is 159 Å². The molecule has 4 nitrogen and oxygen atoms in total. The van der Waals surface area contributed by atoms with Gasteiger partial charge in [-0.25, -0.2) is 0 Å². The average molecular weight is 364 g/mol. The summed E-state index contributed by atoms with van der Waals surface area (Å²) in [5.41, 5.74) is 1.16. The normalized spacial score (nSPS) is 17.7. The summed E-state index contributed by atoms with van der Waals surface area (Å²) in [5, 5.41) is 3.63. The second kappa shape index (κ2) is 13.6. The Kier molecular flexibility index (Phi) is 11.8. The summed E-state index contributed by atoms with van der Waals surface area (Å²) in [7, 11) is 1.41.